The lowest BCUT2D eigenvalue weighted by Gasteiger charge is -2.41. The number of aromatic nitrogens is 4. The number of nitrogens with zero attached hydrogens (tertiary/aromatic N) is 4. The Labute approximate surface area is 684 Å². The predicted octanol–water partition coefficient (Wildman–Crippen LogP) is 18.7. The van der Waals surface area contributed by atoms with E-state index in [1.54, 1.807) is 53.1 Å². The van der Waals surface area contributed by atoms with E-state index in [-0.39, 0.29) is 39.6 Å². The molecule has 106 heavy (non-hydrogen) atoms. The first-order chi connectivity index (χ1) is 69.5. The minimum Gasteiger partial charge on any atom is -0.458 e. The number of fused-ring (bicyclic) bond motifs is 4. The number of benzene rings is 14. The van der Waals surface area contributed by atoms with Gasteiger partial charge in [0.2, 0.25) is 0 Å². The molecule has 7 heteroatoms. The fraction of sp³-hybridized carbons (Fsp3) is 0.0909. The van der Waals surface area contributed by atoms with E-state index in [1.165, 1.54) is 47.0 Å². The van der Waals surface area contributed by atoms with Gasteiger partial charge in [-0.2, -0.15) is 0 Å². The summed E-state index contributed by atoms with van der Waals surface area (Å²) < 4.78 is 433. The maximum Gasteiger partial charge on any atom is 0.269 e. The number of hydrogen-bond acceptors (Lipinski definition) is 2. The molecule has 0 spiro atoms. The van der Waals surface area contributed by atoms with Crippen LogP contribution in [0.3, 0.4) is 0 Å². The molecule has 3 aromatic heterocycles. The van der Waals surface area contributed by atoms with E-state index in [2.05, 4.69) is 6.33 Å². The van der Waals surface area contributed by atoms with Crippen LogP contribution < -0.4 is 50.8 Å². The smallest absolute Gasteiger partial charge is 0.269 e. The van der Waals surface area contributed by atoms with Crippen LogP contribution in [0.5, 0.6) is 11.5 Å². The number of rotatable bonds is 16. The summed E-state index contributed by atoms with van der Waals surface area (Å²) in [5, 5.41) is -9.39. The molecule has 0 aliphatic rings. The van der Waals surface area contributed by atoms with Crippen molar-refractivity contribution in [3.05, 3.63) is 392 Å². The molecule has 0 saturated heterocycles. The van der Waals surface area contributed by atoms with Crippen LogP contribution >= 0.6 is 0 Å². The van der Waals surface area contributed by atoms with Crippen LogP contribution in [0.1, 0.15) is 117 Å². The molecule has 0 unspecified atom stereocenters. The van der Waals surface area contributed by atoms with Crippen LogP contribution in [0.25, 0.3) is 83.4 Å². The Hall–Kier alpha value is -12.3. The molecule has 0 amide bonds. The molecule has 0 aliphatic heterocycles. The molecular weight excluding hydrogens is 1320 g/mol. The van der Waals surface area contributed by atoms with E-state index in [9.17, 15) is 46.6 Å². The van der Waals surface area contributed by atoms with E-state index >= 15 is 0 Å². The lowest BCUT2D eigenvalue weighted by molar-refractivity contribution is -0.570. The Kier molecular flexibility index (Phi) is 8.93. The van der Waals surface area contributed by atoms with Crippen molar-refractivity contribution in [3.63, 3.8) is 0 Å². The van der Waals surface area contributed by atoms with Crippen molar-refractivity contribution >= 4 is 90.5 Å². The van der Waals surface area contributed by atoms with Gasteiger partial charge in [-0.05, 0) is 152 Å². The van der Waals surface area contributed by atoms with Gasteiger partial charge in [0.05, 0.1) is 88.3 Å². The third-order valence-corrected chi connectivity index (χ3v) is 27.1. The fourth-order valence-corrected chi connectivity index (χ4v) is 21.9. The van der Waals surface area contributed by atoms with Crippen LogP contribution in [-0.2, 0) is 10.8 Å². The van der Waals surface area contributed by atoms with E-state index in [4.69, 9.17) is 22.1 Å². The Morgan fingerprint density at radius 2 is 0.858 bits per heavy atom. The van der Waals surface area contributed by atoms with Crippen molar-refractivity contribution in [3.8, 4) is 62.1 Å². The van der Waals surface area contributed by atoms with E-state index < -0.39 is 345 Å². The summed E-state index contributed by atoms with van der Waals surface area (Å²) in [6.07, 6.45) is 4.45. The van der Waals surface area contributed by atoms with Crippen LogP contribution in [0, 0.1) is 13.2 Å². The number of aryl methyl sites for hydroxylation is 1. The first-order valence-electron chi connectivity index (χ1n) is 54.8. The maximum absolute atomic E-state index is 10.7. The Morgan fingerprint density at radius 1 is 0.396 bits per heavy atom. The number of hydrogen-bond donors (Lipinski definition) is 0. The van der Waals surface area contributed by atoms with Gasteiger partial charge in [-0.3, -0.25) is 13.7 Å². The van der Waals surface area contributed by atoms with Gasteiger partial charge in [-0.25, -0.2) is 4.98 Å². The Balaban J connectivity index is 1.16. The number of ether oxygens (including phenoxy) is 1. The van der Waals surface area contributed by atoms with Gasteiger partial charge in [-0.15, -0.1) is 0 Å². The molecule has 0 aliphatic carbocycles. The lowest BCUT2D eigenvalue weighted by atomic mass is 9.79. The second-order valence-electron chi connectivity index (χ2n) is 26.9. The third-order valence-electron chi connectivity index (χ3n) is 18.7. The molecule has 0 N–H and O–H groups in total. The highest BCUT2D eigenvalue weighted by Crippen LogP contribution is 2.39. The summed E-state index contributed by atoms with van der Waals surface area (Å²) in [7, 11) is -14.7. The number of pyridine rings is 1. The molecule has 0 saturated carbocycles. The molecule has 0 bridgehead atoms. The van der Waals surface area contributed by atoms with Crippen molar-refractivity contribution in [2.75, 3.05) is 0 Å². The van der Waals surface area contributed by atoms with Gasteiger partial charge >= 0.3 is 0 Å². The van der Waals surface area contributed by atoms with Crippen molar-refractivity contribution in [1.29, 1.82) is 0 Å². The fourth-order valence-electron chi connectivity index (χ4n) is 13.7. The number of imidazole rings is 1. The summed E-state index contributed by atoms with van der Waals surface area (Å²) in [4.78, 5) is 4.73. The zero-order valence-corrected chi connectivity index (χ0v) is 59.3. The maximum atomic E-state index is 10.7. The standard InChI is InChI=1S/C99H82N4OSi2/c1-70-59-96(100-68-89(70)72-37-18-9-19-38-72)103-90-54-33-32-53-87(90)88-57-56-80(67-92(88)103)104-79-40-34-39-78(66-79)101-69-102(91-58-55-73(62-93(91)101)74-60-76(98(2,3)4)65-77(61-74)99(5,6)7)97-94(105(81-41-20-10-21-42-81,82-43-22-11-23-44-82)83-45-24-12-25-46-83)63-75(71-35-16-8-17-36-71)64-95(97)106(84-47-26-13-27-48-84,85-49-28-14-29-50-85)86-51-30-15-31-52-86/h8-68H,1-7H3/i1D3,8D,9D,10D,11D,12D,13D,14D,15D,16D,17D,18D,19D,20D,21D,22D,23D,24D,25D,26D,27D,28D,29D,30D,31D,35D,36D,37D,38D,41D,42D,43D,44D,45D,46D,47D,48D,49D,50D,51D,52D. The van der Waals surface area contributed by atoms with E-state index in [0.717, 1.165) is 34.0 Å². The topological polar surface area (TPSA) is 35.9 Å². The molecule has 0 radical (unpaired) electrons. The summed E-state index contributed by atoms with van der Waals surface area (Å²) >= 11 is 0. The van der Waals surface area contributed by atoms with Gasteiger partial charge in [0.1, 0.15) is 17.3 Å². The van der Waals surface area contributed by atoms with Gasteiger partial charge in [-0.1, -0.05) is 350 Å². The average molecular weight is 1440 g/mol. The molecule has 0 atom stereocenters. The highest BCUT2D eigenvalue weighted by atomic mass is 28.3. The molecule has 512 valence electrons. The van der Waals surface area contributed by atoms with Gasteiger partial charge in [0.15, 0.2) is 16.1 Å². The molecule has 0 fully saturated rings. The van der Waals surface area contributed by atoms with E-state index in [1.807, 2.05) is 59.7 Å². The molecule has 5 nitrogen and oxygen atoms in total. The second-order valence-corrected chi connectivity index (χ2v) is 34.0. The molecule has 17 aromatic rings. The van der Waals surface area contributed by atoms with Crippen LogP contribution in [0.4, 0.5) is 0 Å². The van der Waals surface area contributed by atoms with Crippen molar-refractivity contribution < 1.29 is 68.2 Å². The predicted molar refractivity (Wildman–Crippen MR) is 448 cm³/mol. The van der Waals surface area contributed by atoms with Crippen LogP contribution in [0.15, 0.2) is 369 Å². The van der Waals surface area contributed by atoms with Gasteiger partial charge in [0, 0.05) is 32.7 Å². The highest BCUT2D eigenvalue weighted by molar-refractivity contribution is 7.22. The normalized spacial score (nSPS) is 17.9. The summed E-state index contributed by atoms with van der Waals surface area (Å²) in [5.74, 6) is -0.107. The quantitative estimate of drug-likeness (QED) is 0.0418. The van der Waals surface area contributed by atoms with Crippen LogP contribution in [0.2, 0.25) is 0 Å². The third kappa shape index (κ3) is 11.9. The van der Waals surface area contributed by atoms with Gasteiger partial charge < -0.3 is 4.74 Å². The van der Waals surface area contributed by atoms with Crippen molar-refractivity contribution in [2.45, 2.75) is 59.2 Å². The first kappa shape index (κ1) is 34.6. The molecule has 17 rings (SSSR count). The molecule has 3 heterocycles. The lowest BCUT2D eigenvalue weighted by Crippen LogP contribution is -2.80. The zero-order chi connectivity index (χ0) is 109. The Morgan fingerprint density at radius 3 is 1.36 bits per heavy atom. The zero-order valence-electron chi connectivity index (χ0n) is 100. The highest BCUT2D eigenvalue weighted by Gasteiger charge is 2.49. The van der Waals surface area contributed by atoms with E-state index in [0.29, 0.717) is 32.9 Å². The summed E-state index contributed by atoms with van der Waals surface area (Å²) in [5.41, 5.74) is -3.23. The minimum absolute atomic E-state index is 0.0227. The summed E-state index contributed by atoms with van der Waals surface area (Å²) in [6, 6.07) is -21.0. The monoisotopic (exact) mass is 1440 g/mol. The largest absolute Gasteiger partial charge is 0.458 e. The van der Waals surface area contributed by atoms with Crippen molar-refractivity contribution in [1.82, 2.24) is 14.1 Å². The second kappa shape index (κ2) is 27.4. The van der Waals surface area contributed by atoms with Gasteiger partial charge in [0.25, 0.3) is 6.33 Å². The Bertz CT molecular complexity index is 7950. The minimum atomic E-state index is -7.34. The molecule has 14 aromatic carbocycles. The number of para-hydroxylation sites is 1. The first-order valence-corrected chi connectivity index (χ1v) is 37.3. The summed E-state index contributed by atoms with van der Waals surface area (Å²) in [6.45, 7) is 8.75. The van der Waals surface area contributed by atoms with Crippen molar-refractivity contribution in [2.24, 2.45) is 0 Å². The average Bonchev–Trinajstić information content (AvgIpc) is 1.42. The molecular formula is C99H82N4OSi2. The van der Waals surface area contributed by atoms with Crippen LogP contribution in [-0.4, -0.2) is 30.3 Å². The SMILES string of the molecule is [2H]c1c([2H])c([2H])c(-c2cc([Si](c3c([2H])c([2H])c([2H])c([2H])c3[2H])(c3c([2H])c([2H])c([2H])c([2H])c3[2H])c3c([2H])c([2H])c([2H])c([2H])c3[2H])c(-[n+]3[c-]n(-c4cccc(Oc5ccc6c7ccccc7n(-c7cc(C([2H])([2H])[2H])c(-c8c([2H])c([2H])c([2H])c([2H])c8[2H])cn7)c6c5)c4)c4cc(-c5cc(C(C)(C)C)cc(C(C)(C)C)c5)ccc43)c([Si](c3c([2H])c([2H])c([2H])c([2H])c3[2H])(c3c([2H])c([2H])c([2H])c([2H])c3[2H])c3c([2H])c([2H])c([2H])c([2H])c3[2H])c2)c([2H])c1[2H].